The van der Waals surface area contributed by atoms with E-state index < -0.39 is 17.9 Å². The Bertz CT molecular complexity index is 357. The highest BCUT2D eigenvalue weighted by Gasteiger charge is 2.21. The van der Waals surface area contributed by atoms with Crippen molar-refractivity contribution in [2.24, 2.45) is 0 Å². The quantitative estimate of drug-likeness (QED) is 0.599. The van der Waals surface area contributed by atoms with E-state index in [1.807, 2.05) is 0 Å². The summed E-state index contributed by atoms with van der Waals surface area (Å²) in [6.07, 6.45) is -0.370. The lowest BCUT2D eigenvalue weighted by Gasteiger charge is -2.13. The van der Waals surface area contributed by atoms with E-state index in [0.717, 1.165) is 0 Å². The van der Waals surface area contributed by atoms with E-state index in [1.54, 1.807) is 30.3 Å². The van der Waals surface area contributed by atoms with Crippen LogP contribution in [0.2, 0.25) is 0 Å². The average molecular weight is 240 g/mol. The molecule has 1 aromatic rings. The number of hydrogen-bond acceptors (Lipinski definition) is 6. The summed E-state index contributed by atoms with van der Waals surface area (Å²) in [6, 6.07) is 8.73. The summed E-state index contributed by atoms with van der Waals surface area (Å²) in [5, 5.41) is 16.4. The molecule has 0 amide bonds. The monoisotopic (exact) mass is 240 g/mol. The van der Waals surface area contributed by atoms with Crippen molar-refractivity contribution in [2.45, 2.75) is 18.8 Å². The fourth-order valence-electron chi connectivity index (χ4n) is 1.51. The molecule has 0 bridgehead atoms. The van der Waals surface area contributed by atoms with Crippen LogP contribution in [-0.4, -0.2) is 22.5 Å². The summed E-state index contributed by atoms with van der Waals surface area (Å²) in [4.78, 5) is 29.1. The molecular formula is C11H12O6. The summed E-state index contributed by atoms with van der Waals surface area (Å²) in [6.45, 7) is 0. The molecule has 0 aliphatic heterocycles. The number of carbonyl (C=O) groups excluding carboxylic acids is 2. The van der Waals surface area contributed by atoms with Gasteiger partial charge in [-0.1, -0.05) is 30.3 Å². The van der Waals surface area contributed by atoms with Crippen LogP contribution in [0.25, 0.3) is 0 Å². The van der Waals surface area contributed by atoms with E-state index in [2.05, 4.69) is 9.78 Å². The molecule has 1 aromatic carbocycles. The van der Waals surface area contributed by atoms with Crippen LogP contribution in [0.5, 0.6) is 0 Å². The Morgan fingerprint density at radius 3 is 1.88 bits per heavy atom. The minimum atomic E-state index is -0.857. The molecule has 0 atom stereocenters. The number of rotatable bonds is 5. The first-order valence-corrected chi connectivity index (χ1v) is 4.90. The number of carbonyl (C=O) groups is 2. The van der Waals surface area contributed by atoms with Crippen LogP contribution in [0.1, 0.15) is 24.3 Å². The van der Waals surface area contributed by atoms with Crippen LogP contribution >= 0.6 is 0 Å². The normalized spacial score (nSPS) is 10.1. The Morgan fingerprint density at radius 2 is 1.47 bits per heavy atom. The van der Waals surface area contributed by atoms with Gasteiger partial charge in [0.2, 0.25) is 0 Å². The van der Waals surface area contributed by atoms with Gasteiger partial charge in [0.1, 0.15) is 0 Å². The van der Waals surface area contributed by atoms with Gasteiger partial charge in [0.05, 0.1) is 12.8 Å². The SMILES string of the molecule is O=C(CC(CC(=O)OO)c1ccccc1)OO. The molecule has 6 heteroatoms. The van der Waals surface area contributed by atoms with E-state index in [0.29, 0.717) is 5.56 Å². The second-order valence-corrected chi connectivity index (χ2v) is 3.44. The Kier molecular flexibility index (Phi) is 5.12. The van der Waals surface area contributed by atoms with Crippen molar-refractivity contribution in [1.29, 1.82) is 0 Å². The largest absolute Gasteiger partial charge is 0.342 e. The predicted molar refractivity (Wildman–Crippen MR) is 55.9 cm³/mol. The lowest BCUT2D eigenvalue weighted by atomic mass is 9.93. The van der Waals surface area contributed by atoms with Gasteiger partial charge in [-0.15, -0.1) is 0 Å². The van der Waals surface area contributed by atoms with Gasteiger partial charge < -0.3 is 9.78 Å². The first-order chi connectivity index (χ1) is 8.17. The van der Waals surface area contributed by atoms with Crippen molar-refractivity contribution < 1.29 is 29.9 Å². The van der Waals surface area contributed by atoms with Crippen LogP contribution < -0.4 is 0 Å². The molecule has 0 heterocycles. The van der Waals surface area contributed by atoms with Crippen molar-refractivity contribution in [3.05, 3.63) is 35.9 Å². The molecule has 0 saturated carbocycles. The highest BCUT2D eigenvalue weighted by molar-refractivity contribution is 5.74. The van der Waals surface area contributed by atoms with E-state index >= 15 is 0 Å². The molecule has 0 saturated heterocycles. The molecule has 0 aliphatic rings. The zero-order chi connectivity index (χ0) is 12.7. The fourth-order valence-corrected chi connectivity index (χ4v) is 1.51. The lowest BCUT2D eigenvalue weighted by Crippen LogP contribution is -2.14. The third-order valence-electron chi connectivity index (χ3n) is 2.30. The topological polar surface area (TPSA) is 93.1 Å². The van der Waals surface area contributed by atoms with Gasteiger partial charge in [-0.2, -0.15) is 10.5 Å². The van der Waals surface area contributed by atoms with Gasteiger partial charge in [-0.05, 0) is 5.56 Å². The summed E-state index contributed by atoms with van der Waals surface area (Å²) >= 11 is 0. The van der Waals surface area contributed by atoms with Crippen molar-refractivity contribution in [2.75, 3.05) is 0 Å². The summed E-state index contributed by atoms with van der Waals surface area (Å²) in [5.41, 5.74) is 0.711. The van der Waals surface area contributed by atoms with Crippen molar-refractivity contribution in [1.82, 2.24) is 0 Å². The molecule has 0 aliphatic carbocycles. The molecule has 6 nitrogen and oxygen atoms in total. The fraction of sp³-hybridized carbons (Fsp3) is 0.273. The van der Waals surface area contributed by atoms with Crippen molar-refractivity contribution >= 4 is 11.9 Å². The smallest absolute Gasteiger partial charge is 0.301 e. The van der Waals surface area contributed by atoms with Crippen molar-refractivity contribution in [3.63, 3.8) is 0 Å². The van der Waals surface area contributed by atoms with E-state index in [1.165, 1.54) is 0 Å². The van der Waals surface area contributed by atoms with Crippen molar-refractivity contribution in [3.8, 4) is 0 Å². The zero-order valence-electron chi connectivity index (χ0n) is 8.91. The highest BCUT2D eigenvalue weighted by atomic mass is 17.1. The first kappa shape index (κ1) is 13.1. The third-order valence-corrected chi connectivity index (χ3v) is 2.30. The maximum absolute atomic E-state index is 11.0. The highest BCUT2D eigenvalue weighted by Crippen LogP contribution is 2.24. The molecule has 1 rings (SSSR count). The zero-order valence-corrected chi connectivity index (χ0v) is 8.91. The van der Waals surface area contributed by atoms with E-state index in [4.69, 9.17) is 10.5 Å². The Hall–Kier alpha value is -1.92. The van der Waals surface area contributed by atoms with Crippen LogP contribution in [0.3, 0.4) is 0 Å². The summed E-state index contributed by atoms with van der Waals surface area (Å²) in [5.74, 6) is -2.23. The second kappa shape index (κ2) is 6.62. The van der Waals surface area contributed by atoms with E-state index in [9.17, 15) is 9.59 Å². The summed E-state index contributed by atoms with van der Waals surface area (Å²) < 4.78 is 0. The Morgan fingerprint density at radius 1 is 1.00 bits per heavy atom. The van der Waals surface area contributed by atoms with Gasteiger partial charge in [-0.3, -0.25) is 0 Å². The minimum Gasteiger partial charge on any atom is -0.301 e. The Labute approximate surface area is 97.3 Å². The molecule has 0 radical (unpaired) electrons. The molecule has 0 spiro atoms. The minimum absolute atomic E-state index is 0.185. The molecule has 2 N–H and O–H groups in total. The molecule has 17 heavy (non-hydrogen) atoms. The molecular weight excluding hydrogens is 228 g/mol. The van der Waals surface area contributed by atoms with E-state index in [-0.39, 0.29) is 12.8 Å². The van der Waals surface area contributed by atoms with Gasteiger partial charge in [-0.25, -0.2) is 9.59 Å². The van der Waals surface area contributed by atoms with Crippen LogP contribution in [-0.2, 0) is 19.4 Å². The maximum Gasteiger partial charge on any atom is 0.342 e. The van der Waals surface area contributed by atoms with Gasteiger partial charge >= 0.3 is 11.9 Å². The summed E-state index contributed by atoms with van der Waals surface area (Å²) in [7, 11) is 0. The number of benzene rings is 1. The molecule has 92 valence electrons. The van der Waals surface area contributed by atoms with Gasteiger partial charge in [0.25, 0.3) is 0 Å². The molecule has 0 unspecified atom stereocenters. The van der Waals surface area contributed by atoms with Crippen LogP contribution in [0, 0.1) is 0 Å². The number of hydrogen-bond donors (Lipinski definition) is 2. The predicted octanol–water partition coefficient (Wildman–Crippen LogP) is 1.58. The average Bonchev–Trinajstić information content (AvgIpc) is 2.38. The molecule has 0 aromatic heterocycles. The lowest BCUT2D eigenvalue weighted by molar-refractivity contribution is -0.237. The Balaban J connectivity index is 2.79. The third kappa shape index (κ3) is 4.21. The maximum atomic E-state index is 11.0. The second-order valence-electron chi connectivity index (χ2n) is 3.44. The molecule has 0 fully saturated rings. The van der Waals surface area contributed by atoms with Crippen LogP contribution in [0.4, 0.5) is 0 Å². The standard InChI is InChI=1S/C11H12O6/c12-10(16-14)6-9(7-11(13)17-15)8-4-2-1-3-5-8/h1-5,9,14-15H,6-7H2. The van der Waals surface area contributed by atoms with Gasteiger partial charge in [0, 0.05) is 5.92 Å². The first-order valence-electron chi connectivity index (χ1n) is 4.90. The van der Waals surface area contributed by atoms with Gasteiger partial charge in [0.15, 0.2) is 0 Å². The van der Waals surface area contributed by atoms with Crippen LogP contribution in [0.15, 0.2) is 30.3 Å².